The fraction of sp³-hybridized carbons (Fsp3) is 0.176. The zero-order valence-corrected chi connectivity index (χ0v) is 14.2. The highest BCUT2D eigenvalue weighted by molar-refractivity contribution is 5.72. The first-order valence-electron chi connectivity index (χ1n) is 7.48. The maximum Gasteiger partial charge on any atom is 0.299 e. The van der Waals surface area contributed by atoms with Gasteiger partial charge in [0.05, 0.1) is 22.5 Å². The molecule has 0 saturated heterocycles. The molecule has 0 unspecified atom stereocenters. The van der Waals surface area contributed by atoms with Crippen molar-refractivity contribution in [1.29, 1.82) is 5.26 Å². The van der Waals surface area contributed by atoms with Crippen molar-refractivity contribution in [3.05, 3.63) is 59.7 Å². The van der Waals surface area contributed by atoms with E-state index in [9.17, 15) is 8.78 Å². The van der Waals surface area contributed by atoms with Crippen LogP contribution in [0.4, 0.5) is 20.5 Å². The zero-order chi connectivity index (χ0) is 19.3. The van der Waals surface area contributed by atoms with Gasteiger partial charge in [-0.25, -0.2) is 4.98 Å². The average Bonchev–Trinajstić information content (AvgIpc) is 2.65. The highest BCUT2D eigenvalue weighted by Crippen LogP contribution is 2.37. The highest BCUT2D eigenvalue weighted by Gasteiger charge is 2.36. The molecule has 0 fully saturated rings. The van der Waals surface area contributed by atoms with Crippen molar-refractivity contribution in [3.8, 4) is 6.07 Å². The van der Waals surface area contributed by atoms with Gasteiger partial charge in [-0.1, -0.05) is 6.58 Å². The van der Waals surface area contributed by atoms with Crippen LogP contribution >= 0.6 is 0 Å². The van der Waals surface area contributed by atoms with Crippen molar-refractivity contribution in [1.82, 2.24) is 15.0 Å². The van der Waals surface area contributed by atoms with E-state index in [2.05, 4.69) is 32.2 Å². The third-order valence-corrected chi connectivity index (χ3v) is 3.48. The van der Waals surface area contributed by atoms with E-state index in [0.717, 1.165) is 6.20 Å². The second-order valence-electron chi connectivity index (χ2n) is 5.31. The first kappa shape index (κ1) is 18.8. The summed E-state index contributed by atoms with van der Waals surface area (Å²) in [4.78, 5) is 12.1. The van der Waals surface area contributed by atoms with Gasteiger partial charge in [0, 0.05) is 25.6 Å². The lowest BCUT2D eigenvalue weighted by Crippen LogP contribution is -2.19. The fourth-order valence-corrected chi connectivity index (χ4v) is 2.02. The van der Waals surface area contributed by atoms with E-state index in [1.54, 1.807) is 12.1 Å². The van der Waals surface area contributed by atoms with Gasteiger partial charge in [0.15, 0.2) is 0 Å². The predicted octanol–water partition coefficient (Wildman–Crippen LogP) is 2.82. The van der Waals surface area contributed by atoms with Crippen molar-refractivity contribution in [2.24, 2.45) is 5.73 Å². The van der Waals surface area contributed by atoms with Crippen LogP contribution in [-0.4, -0.2) is 22.0 Å². The molecule has 0 aliphatic heterocycles. The predicted molar refractivity (Wildman–Crippen MR) is 95.0 cm³/mol. The molecular formula is C17H17F2N7. The van der Waals surface area contributed by atoms with Crippen LogP contribution < -0.4 is 16.4 Å². The summed E-state index contributed by atoms with van der Waals surface area (Å²) in [5, 5.41) is 14.3. The number of nitrogens with two attached hydrogens (primary N) is 1. The Hall–Kier alpha value is -3.54. The fourth-order valence-electron chi connectivity index (χ4n) is 2.02. The third-order valence-electron chi connectivity index (χ3n) is 3.48. The minimum atomic E-state index is -3.27. The number of rotatable bonds is 6. The first-order chi connectivity index (χ1) is 12.3. The average molecular weight is 357 g/mol. The normalized spacial score (nSPS) is 11.6. The van der Waals surface area contributed by atoms with Crippen LogP contribution in [-0.2, 0) is 5.92 Å². The molecule has 7 nitrogen and oxygen atoms in total. The Labute approximate surface area is 149 Å². The lowest BCUT2D eigenvalue weighted by Gasteiger charge is -2.19. The van der Waals surface area contributed by atoms with Gasteiger partial charge >= 0.3 is 0 Å². The van der Waals surface area contributed by atoms with Crippen molar-refractivity contribution in [2.45, 2.75) is 12.8 Å². The summed E-state index contributed by atoms with van der Waals surface area (Å²) in [6, 6.07) is 5.12. The first-order valence-corrected chi connectivity index (χ1v) is 7.48. The molecule has 26 heavy (non-hydrogen) atoms. The second kappa shape index (κ2) is 7.57. The van der Waals surface area contributed by atoms with Crippen LogP contribution in [0, 0.1) is 11.3 Å². The number of nitriles is 1. The molecule has 0 radical (unpaired) electrons. The third kappa shape index (κ3) is 3.75. The zero-order valence-electron chi connectivity index (χ0n) is 14.2. The van der Waals surface area contributed by atoms with Crippen molar-refractivity contribution < 1.29 is 8.78 Å². The monoisotopic (exact) mass is 357 g/mol. The van der Waals surface area contributed by atoms with Gasteiger partial charge in [-0.2, -0.15) is 19.0 Å². The number of pyridine rings is 1. The Morgan fingerprint density at radius 3 is 2.58 bits per heavy atom. The van der Waals surface area contributed by atoms with Gasteiger partial charge in [-0.3, -0.25) is 4.98 Å². The summed E-state index contributed by atoms with van der Waals surface area (Å²) in [6.45, 7) is 4.54. The van der Waals surface area contributed by atoms with Crippen molar-refractivity contribution in [2.75, 3.05) is 17.7 Å². The summed E-state index contributed by atoms with van der Waals surface area (Å²) in [5.74, 6) is -3.25. The molecule has 2 aromatic rings. The van der Waals surface area contributed by atoms with Crippen LogP contribution in [0.2, 0.25) is 0 Å². The number of halogens is 2. The molecule has 2 aromatic heterocycles. The van der Waals surface area contributed by atoms with Gasteiger partial charge in [0.2, 0.25) is 5.95 Å². The van der Waals surface area contributed by atoms with E-state index in [0.29, 0.717) is 17.0 Å². The quantitative estimate of drug-likeness (QED) is 0.681. The molecule has 0 aromatic carbocycles. The Balaban J connectivity index is 2.34. The molecule has 0 amide bonds. The Morgan fingerprint density at radius 2 is 2.08 bits per heavy atom. The van der Waals surface area contributed by atoms with E-state index in [4.69, 9.17) is 11.0 Å². The van der Waals surface area contributed by atoms with Crippen molar-refractivity contribution >= 4 is 17.5 Å². The number of alkyl halides is 2. The molecule has 2 rings (SSSR count). The minimum absolute atomic E-state index is 0.0420. The lowest BCUT2D eigenvalue weighted by molar-refractivity contribution is 0.0387. The standard InChI is InChI=1S/C17H17F2N7/c1-10(2)17(18,19)12-9-24-16(26-15(12)22-3)25-14(7-21)13-5-4-11(6-20)8-23-13/h4-5,7-9H,1,21H2,2-3H3,(H2,22,24,25,26)/b14-7+. The number of nitrogens with zero attached hydrogens (tertiary/aromatic N) is 4. The Bertz CT molecular complexity index is 883. The van der Waals surface area contributed by atoms with E-state index in [1.165, 1.54) is 26.4 Å². The summed E-state index contributed by atoms with van der Waals surface area (Å²) in [6.07, 6.45) is 3.65. The number of anilines is 2. The van der Waals surface area contributed by atoms with E-state index in [-0.39, 0.29) is 22.9 Å². The van der Waals surface area contributed by atoms with Gasteiger partial charge in [0.25, 0.3) is 5.92 Å². The molecule has 2 heterocycles. The molecule has 0 atom stereocenters. The van der Waals surface area contributed by atoms with Crippen LogP contribution in [0.3, 0.4) is 0 Å². The second-order valence-corrected chi connectivity index (χ2v) is 5.31. The molecular weight excluding hydrogens is 340 g/mol. The maximum absolute atomic E-state index is 14.2. The van der Waals surface area contributed by atoms with Gasteiger partial charge in [0.1, 0.15) is 11.9 Å². The number of allylic oxidation sites excluding steroid dienone is 1. The Kier molecular flexibility index (Phi) is 5.47. The molecule has 9 heteroatoms. The summed E-state index contributed by atoms with van der Waals surface area (Å²) in [7, 11) is 1.48. The summed E-state index contributed by atoms with van der Waals surface area (Å²) in [5.41, 5.74) is 6.09. The van der Waals surface area contributed by atoms with Crippen LogP contribution in [0.15, 0.2) is 42.9 Å². The van der Waals surface area contributed by atoms with E-state index >= 15 is 0 Å². The van der Waals surface area contributed by atoms with Crippen molar-refractivity contribution in [3.63, 3.8) is 0 Å². The summed E-state index contributed by atoms with van der Waals surface area (Å²) < 4.78 is 28.4. The lowest BCUT2D eigenvalue weighted by atomic mass is 10.1. The molecule has 0 aliphatic carbocycles. The van der Waals surface area contributed by atoms with Gasteiger partial charge in [-0.15, -0.1) is 0 Å². The molecule has 0 spiro atoms. The smallest absolute Gasteiger partial charge is 0.299 e. The highest BCUT2D eigenvalue weighted by atomic mass is 19.3. The number of hydrogen-bond donors (Lipinski definition) is 3. The molecule has 0 bridgehead atoms. The van der Waals surface area contributed by atoms with Crippen LogP contribution in [0.1, 0.15) is 23.7 Å². The topological polar surface area (TPSA) is 113 Å². The van der Waals surface area contributed by atoms with Crippen LogP contribution in [0.5, 0.6) is 0 Å². The molecule has 134 valence electrons. The van der Waals surface area contributed by atoms with Gasteiger partial charge < -0.3 is 16.4 Å². The van der Waals surface area contributed by atoms with Gasteiger partial charge in [-0.05, 0) is 24.6 Å². The molecule has 0 aliphatic rings. The minimum Gasteiger partial charge on any atom is -0.403 e. The number of nitrogens with one attached hydrogen (secondary N) is 2. The van der Waals surface area contributed by atoms with E-state index in [1.807, 2.05) is 6.07 Å². The largest absolute Gasteiger partial charge is 0.403 e. The van der Waals surface area contributed by atoms with E-state index < -0.39 is 5.92 Å². The number of hydrogen-bond acceptors (Lipinski definition) is 7. The molecule has 4 N–H and O–H groups in total. The number of aromatic nitrogens is 3. The molecule has 0 saturated carbocycles. The summed E-state index contributed by atoms with van der Waals surface area (Å²) >= 11 is 0. The Morgan fingerprint density at radius 1 is 1.35 bits per heavy atom. The SMILES string of the molecule is C=C(C)C(F)(F)c1cnc(N/C(=C/N)c2ccc(C#N)cn2)nc1NC. The maximum atomic E-state index is 14.2. The van der Waals surface area contributed by atoms with Crippen LogP contribution in [0.25, 0.3) is 5.70 Å².